The summed E-state index contributed by atoms with van der Waals surface area (Å²) in [5.41, 5.74) is 0.803. The van der Waals surface area contributed by atoms with Gasteiger partial charge in [0.2, 0.25) is 15.9 Å². The first-order valence-corrected chi connectivity index (χ1v) is 9.55. The van der Waals surface area contributed by atoms with E-state index >= 15 is 0 Å². The SMILES string of the molecule is CCOc1ccc(S(=O)(=O)NCC(=O)NCc2ccccc2OC)cc1. The molecule has 1 amide bonds. The minimum Gasteiger partial charge on any atom is -0.496 e. The van der Waals surface area contributed by atoms with E-state index in [2.05, 4.69) is 10.0 Å². The number of hydrogen-bond donors (Lipinski definition) is 2. The molecule has 0 unspecified atom stereocenters. The van der Waals surface area contributed by atoms with Crippen LogP contribution in [0, 0.1) is 0 Å². The lowest BCUT2D eigenvalue weighted by Gasteiger charge is -2.10. The number of ether oxygens (including phenoxy) is 2. The molecular formula is C18H22N2O5S. The molecule has 0 aliphatic heterocycles. The lowest BCUT2D eigenvalue weighted by molar-refractivity contribution is -0.120. The molecule has 2 N–H and O–H groups in total. The van der Waals surface area contributed by atoms with E-state index in [0.29, 0.717) is 18.1 Å². The highest BCUT2D eigenvalue weighted by molar-refractivity contribution is 7.89. The Hall–Kier alpha value is -2.58. The van der Waals surface area contributed by atoms with Crippen LogP contribution in [-0.4, -0.2) is 34.6 Å². The number of benzene rings is 2. The van der Waals surface area contributed by atoms with Crippen LogP contribution in [-0.2, 0) is 21.4 Å². The van der Waals surface area contributed by atoms with Crippen molar-refractivity contribution in [1.82, 2.24) is 10.0 Å². The Kier molecular flexibility index (Phi) is 6.99. The molecule has 2 rings (SSSR count). The first-order valence-electron chi connectivity index (χ1n) is 8.07. The number of rotatable bonds is 9. The van der Waals surface area contributed by atoms with Crippen molar-refractivity contribution in [2.45, 2.75) is 18.4 Å². The van der Waals surface area contributed by atoms with E-state index in [1.165, 1.54) is 12.1 Å². The van der Waals surface area contributed by atoms with Crippen molar-refractivity contribution >= 4 is 15.9 Å². The third kappa shape index (κ3) is 5.47. The van der Waals surface area contributed by atoms with Crippen molar-refractivity contribution in [3.05, 3.63) is 54.1 Å². The van der Waals surface area contributed by atoms with Gasteiger partial charge >= 0.3 is 0 Å². The van der Waals surface area contributed by atoms with Crippen molar-refractivity contribution in [2.75, 3.05) is 20.3 Å². The zero-order valence-electron chi connectivity index (χ0n) is 14.7. The molecule has 0 saturated heterocycles. The molecule has 0 fully saturated rings. The number of amides is 1. The van der Waals surface area contributed by atoms with E-state index < -0.39 is 15.9 Å². The average Bonchev–Trinajstić information content (AvgIpc) is 2.65. The van der Waals surface area contributed by atoms with Gasteiger partial charge in [-0.15, -0.1) is 0 Å². The first-order chi connectivity index (χ1) is 12.5. The van der Waals surface area contributed by atoms with Crippen LogP contribution in [0.4, 0.5) is 0 Å². The number of para-hydroxylation sites is 1. The van der Waals surface area contributed by atoms with Gasteiger partial charge in [0.15, 0.2) is 0 Å². The highest BCUT2D eigenvalue weighted by Crippen LogP contribution is 2.17. The van der Waals surface area contributed by atoms with Crippen LogP contribution in [0.2, 0.25) is 0 Å². The van der Waals surface area contributed by atoms with Gasteiger partial charge in [-0.3, -0.25) is 4.79 Å². The van der Waals surface area contributed by atoms with Gasteiger partial charge in [0, 0.05) is 12.1 Å². The highest BCUT2D eigenvalue weighted by Gasteiger charge is 2.15. The van der Waals surface area contributed by atoms with Gasteiger partial charge in [-0.1, -0.05) is 18.2 Å². The van der Waals surface area contributed by atoms with Crippen LogP contribution in [0.5, 0.6) is 11.5 Å². The molecule has 8 heteroatoms. The zero-order chi connectivity index (χ0) is 19.0. The van der Waals surface area contributed by atoms with Crippen molar-refractivity contribution in [3.8, 4) is 11.5 Å². The predicted molar refractivity (Wildman–Crippen MR) is 97.6 cm³/mol. The van der Waals surface area contributed by atoms with Gasteiger partial charge in [0.1, 0.15) is 11.5 Å². The Morgan fingerprint density at radius 1 is 1.08 bits per heavy atom. The molecule has 0 spiro atoms. The third-order valence-electron chi connectivity index (χ3n) is 3.54. The fourth-order valence-corrected chi connectivity index (χ4v) is 3.21. The van der Waals surface area contributed by atoms with Crippen molar-refractivity contribution in [1.29, 1.82) is 0 Å². The molecule has 2 aromatic rings. The topological polar surface area (TPSA) is 93.7 Å². The van der Waals surface area contributed by atoms with Crippen LogP contribution in [0.1, 0.15) is 12.5 Å². The lowest BCUT2D eigenvalue weighted by atomic mass is 10.2. The molecule has 0 aromatic heterocycles. The van der Waals surface area contributed by atoms with E-state index in [1.54, 1.807) is 25.3 Å². The van der Waals surface area contributed by atoms with Crippen molar-refractivity contribution in [2.24, 2.45) is 0 Å². The molecule has 0 radical (unpaired) electrons. The second-order valence-corrected chi connectivity index (χ2v) is 7.08. The van der Waals surface area contributed by atoms with E-state index in [0.717, 1.165) is 5.56 Å². The van der Waals surface area contributed by atoms with Crippen LogP contribution in [0.15, 0.2) is 53.4 Å². The first kappa shape index (κ1) is 19.7. The summed E-state index contributed by atoms with van der Waals surface area (Å²) in [6, 6.07) is 13.3. The van der Waals surface area contributed by atoms with Crippen LogP contribution < -0.4 is 19.5 Å². The third-order valence-corrected chi connectivity index (χ3v) is 4.95. The summed E-state index contributed by atoms with van der Waals surface area (Å²) in [6.45, 7) is 2.23. The van der Waals surface area contributed by atoms with Crippen LogP contribution in [0.3, 0.4) is 0 Å². The average molecular weight is 378 g/mol. The molecule has 0 saturated carbocycles. The Morgan fingerprint density at radius 2 is 1.77 bits per heavy atom. The molecule has 0 heterocycles. The van der Waals surface area contributed by atoms with Crippen LogP contribution in [0.25, 0.3) is 0 Å². The maximum absolute atomic E-state index is 12.2. The van der Waals surface area contributed by atoms with E-state index in [-0.39, 0.29) is 18.0 Å². The molecule has 7 nitrogen and oxygen atoms in total. The fraction of sp³-hybridized carbons (Fsp3) is 0.278. The monoisotopic (exact) mass is 378 g/mol. The maximum atomic E-state index is 12.2. The minimum absolute atomic E-state index is 0.0680. The predicted octanol–water partition coefficient (Wildman–Crippen LogP) is 1.69. The summed E-state index contributed by atoms with van der Waals surface area (Å²) in [5.74, 6) is 0.800. The summed E-state index contributed by atoms with van der Waals surface area (Å²) in [5, 5.41) is 2.66. The van der Waals surface area contributed by atoms with Gasteiger partial charge in [-0.05, 0) is 37.3 Å². The Bertz CT molecular complexity index is 835. The number of sulfonamides is 1. The largest absolute Gasteiger partial charge is 0.496 e. The molecule has 2 aromatic carbocycles. The van der Waals surface area contributed by atoms with Crippen LogP contribution >= 0.6 is 0 Å². The molecule has 26 heavy (non-hydrogen) atoms. The Balaban J connectivity index is 1.89. The van der Waals surface area contributed by atoms with Gasteiger partial charge < -0.3 is 14.8 Å². The van der Waals surface area contributed by atoms with E-state index in [4.69, 9.17) is 9.47 Å². The second kappa shape index (κ2) is 9.21. The van der Waals surface area contributed by atoms with Crippen molar-refractivity contribution in [3.63, 3.8) is 0 Å². The molecular weight excluding hydrogens is 356 g/mol. The molecule has 0 bridgehead atoms. The number of nitrogens with one attached hydrogen (secondary N) is 2. The van der Waals surface area contributed by atoms with Crippen molar-refractivity contribution < 1.29 is 22.7 Å². The minimum atomic E-state index is -3.77. The number of methoxy groups -OCH3 is 1. The number of carbonyl (C=O) groups is 1. The summed E-state index contributed by atoms with van der Waals surface area (Å²) < 4.78 is 37.2. The summed E-state index contributed by atoms with van der Waals surface area (Å²) in [7, 11) is -2.23. The smallest absolute Gasteiger partial charge is 0.241 e. The van der Waals surface area contributed by atoms with Gasteiger partial charge in [0.25, 0.3) is 0 Å². The Labute approximate surface area is 153 Å². The quantitative estimate of drug-likeness (QED) is 0.693. The molecule has 0 aliphatic rings. The summed E-state index contributed by atoms with van der Waals surface area (Å²) in [6.07, 6.45) is 0. The molecule has 0 aliphatic carbocycles. The van der Waals surface area contributed by atoms with Gasteiger partial charge in [0.05, 0.1) is 25.2 Å². The molecule has 0 atom stereocenters. The number of carbonyl (C=O) groups excluding carboxylic acids is 1. The highest BCUT2D eigenvalue weighted by atomic mass is 32.2. The molecule has 140 valence electrons. The van der Waals surface area contributed by atoms with Gasteiger partial charge in [-0.25, -0.2) is 13.1 Å². The van der Waals surface area contributed by atoms with Gasteiger partial charge in [-0.2, -0.15) is 0 Å². The lowest BCUT2D eigenvalue weighted by Crippen LogP contribution is -2.36. The number of hydrogen-bond acceptors (Lipinski definition) is 5. The van der Waals surface area contributed by atoms with E-state index in [1.807, 2.05) is 25.1 Å². The summed E-state index contributed by atoms with van der Waals surface area (Å²) >= 11 is 0. The maximum Gasteiger partial charge on any atom is 0.241 e. The second-order valence-electron chi connectivity index (χ2n) is 5.32. The standard InChI is InChI=1S/C18H22N2O5S/c1-3-25-15-8-10-16(11-9-15)26(22,23)20-13-18(21)19-12-14-6-4-5-7-17(14)24-2/h4-11,20H,3,12-13H2,1-2H3,(H,19,21). The Morgan fingerprint density at radius 3 is 2.42 bits per heavy atom. The summed E-state index contributed by atoms with van der Waals surface area (Å²) in [4.78, 5) is 12.0. The van der Waals surface area contributed by atoms with E-state index in [9.17, 15) is 13.2 Å². The normalized spacial score (nSPS) is 11.0. The fourth-order valence-electron chi connectivity index (χ4n) is 2.23. The zero-order valence-corrected chi connectivity index (χ0v) is 15.5.